The van der Waals surface area contributed by atoms with Crippen LogP contribution in [0.5, 0.6) is 0 Å². The van der Waals surface area contributed by atoms with Gasteiger partial charge in [0.1, 0.15) is 16.7 Å². The van der Waals surface area contributed by atoms with Gasteiger partial charge in [0, 0.05) is 13.0 Å². The predicted molar refractivity (Wildman–Crippen MR) is 86.7 cm³/mol. The number of aryl methyl sites for hydroxylation is 1. The van der Waals surface area contributed by atoms with E-state index in [-0.39, 0.29) is 0 Å². The second-order valence-corrected chi connectivity index (χ2v) is 5.52. The molecule has 0 aliphatic carbocycles. The average Bonchev–Trinajstić information content (AvgIpc) is 2.95. The average molecular weight is 299 g/mol. The molecular weight excluding hydrogens is 282 g/mol. The first-order valence-electron chi connectivity index (χ1n) is 6.90. The SMILES string of the molecule is CSc1ccc(NCCCc2nc3ccccc3[nH]2)nn1. The van der Waals surface area contributed by atoms with Crippen LogP contribution in [-0.2, 0) is 6.42 Å². The molecule has 3 aromatic rings. The van der Waals surface area contributed by atoms with Gasteiger partial charge in [-0.2, -0.15) is 0 Å². The van der Waals surface area contributed by atoms with Crippen LogP contribution in [0.3, 0.4) is 0 Å². The lowest BCUT2D eigenvalue weighted by Gasteiger charge is -2.04. The van der Waals surface area contributed by atoms with Crippen LogP contribution in [0.4, 0.5) is 5.82 Å². The highest BCUT2D eigenvalue weighted by Gasteiger charge is 2.02. The van der Waals surface area contributed by atoms with Crippen LogP contribution in [0.2, 0.25) is 0 Å². The number of H-pyrrole nitrogens is 1. The van der Waals surface area contributed by atoms with Crippen LogP contribution in [-0.4, -0.2) is 33.0 Å². The van der Waals surface area contributed by atoms with Crippen molar-refractivity contribution in [2.45, 2.75) is 17.9 Å². The fourth-order valence-corrected chi connectivity index (χ4v) is 2.45. The molecule has 0 unspecified atom stereocenters. The zero-order valence-corrected chi connectivity index (χ0v) is 12.7. The van der Waals surface area contributed by atoms with Crippen LogP contribution >= 0.6 is 11.8 Å². The smallest absolute Gasteiger partial charge is 0.148 e. The number of para-hydroxylation sites is 2. The number of hydrogen-bond donors (Lipinski definition) is 2. The number of nitrogens with zero attached hydrogens (tertiary/aromatic N) is 3. The van der Waals surface area contributed by atoms with E-state index in [1.807, 2.05) is 42.7 Å². The molecule has 2 heterocycles. The fourth-order valence-electron chi connectivity index (χ4n) is 2.12. The lowest BCUT2D eigenvalue weighted by atomic mass is 10.3. The van der Waals surface area contributed by atoms with E-state index >= 15 is 0 Å². The number of fused-ring (bicyclic) bond motifs is 1. The summed E-state index contributed by atoms with van der Waals surface area (Å²) in [7, 11) is 0. The van der Waals surface area contributed by atoms with E-state index in [0.717, 1.165) is 47.1 Å². The van der Waals surface area contributed by atoms with E-state index < -0.39 is 0 Å². The Hall–Kier alpha value is -2.08. The van der Waals surface area contributed by atoms with Crippen molar-refractivity contribution < 1.29 is 0 Å². The van der Waals surface area contributed by atoms with Gasteiger partial charge in [0.05, 0.1) is 11.0 Å². The standard InChI is InChI=1S/C15H17N5S/c1-21-15-9-8-13(19-20-15)16-10-4-7-14-17-11-5-2-3-6-12(11)18-14/h2-3,5-6,8-9H,4,7,10H2,1H3,(H,16,19)(H,17,18). The number of anilines is 1. The second-order valence-electron chi connectivity index (χ2n) is 4.69. The van der Waals surface area contributed by atoms with Gasteiger partial charge in [-0.05, 0) is 36.9 Å². The summed E-state index contributed by atoms with van der Waals surface area (Å²) in [4.78, 5) is 7.91. The Bertz CT molecular complexity index is 674. The summed E-state index contributed by atoms with van der Waals surface area (Å²) in [6.07, 6.45) is 3.90. The quantitative estimate of drug-likeness (QED) is 0.541. The Morgan fingerprint density at radius 1 is 1.14 bits per heavy atom. The number of nitrogens with one attached hydrogen (secondary N) is 2. The van der Waals surface area contributed by atoms with Gasteiger partial charge in [-0.25, -0.2) is 4.98 Å². The van der Waals surface area contributed by atoms with Gasteiger partial charge in [-0.15, -0.1) is 22.0 Å². The monoisotopic (exact) mass is 299 g/mol. The van der Waals surface area contributed by atoms with Crippen LogP contribution in [0, 0.1) is 0 Å². The fraction of sp³-hybridized carbons (Fsp3) is 0.267. The molecule has 3 rings (SSSR count). The molecule has 0 spiro atoms. The molecule has 0 aliphatic rings. The number of rotatable bonds is 6. The molecule has 108 valence electrons. The minimum Gasteiger partial charge on any atom is -0.369 e. The minimum atomic E-state index is 0.817. The van der Waals surface area contributed by atoms with E-state index in [1.54, 1.807) is 11.8 Å². The van der Waals surface area contributed by atoms with Gasteiger partial charge in [0.25, 0.3) is 0 Å². The number of benzene rings is 1. The minimum absolute atomic E-state index is 0.817. The summed E-state index contributed by atoms with van der Waals surface area (Å²) in [5.74, 6) is 1.85. The maximum Gasteiger partial charge on any atom is 0.148 e. The zero-order chi connectivity index (χ0) is 14.5. The van der Waals surface area contributed by atoms with Crippen molar-refractivity contribution in [3.63, 3.8) is 0 Å². The topological polar surface area (TPSA) is 66.5 Å². The molecule has 0 atom stereocenters. The molecule has 0 fully saturated rings. The lowest BCUT2D eigenvalue weighted by Crippen LogP contribution is -2.05. The third kappa shape index (κ3) is 3.52. The summed E-state index contributed by atoms with van der Waals surface area (Å²) in [6.45, 7) is 0.852. The third-order valence-electron chi connectivity index (χ3n) is 3.18. The van der Waals surface area contributed by atoms with E-state index in [2.05, 4.69) is 25.5 Å². The number of thioether (sulfide) groups is 1. The molecule has 0 radical (unpaired) electrons. The maximum absolute atomic E-state index is 4.57. The van der Waals surface area contributed by atoms with Crippen LogP contribution in [0.15, 0.2) is 41.4 Å². The van der Waals surface area contributed by atoms with Crippen molar-refractivity contribution >= 4 is 28.6 Å². The highest BCUT2D eigenvalue weighted by molar-refractivity contribution is 7.98. The first kappa shape index (κ1) is 13.9. The molecule has 0 amide bonds. The molecule has 2 aromatic heterocycles. The van der Waals surface area contributed by atoms with E-state index in [1.165, 1.54) is 0 Å². The van der Waals surface area contributed by atoms with E-state index in [4.69, 9.17) is 0 Å². The molecule has 21 heavy (non-hydrogen) atoms. The van der Waals surface area contributed by atoms with Gasteiger partial charge < -0.3 is 10.3 Å². The Balaban J connectivity index is 1.49. The number of hydrogen-bond acceptors (Lipinski definition) is 5. The highest BCUT2D eigenvalue weighted by Crippen LogP contribution is 2.12. The van der Waals surface area contributed by atoms with Gasteiger partial charge in [0.15, 0.2) is 0 Å². The Kier molecular flexibility index (Phi) is 4.35. The zero-order valence-electron chi connectivity index (χ0n) is 11.8. The number of aromatic nitrogens is 4. The molecular formula is C15H17N5S. The third-order valence-corrected chi connectivity index (χ3v) is 3.82. The highest BCUT2D eigenvalue weighted by atomic mass is 32.2. The van der Waals surface area contributed by atoms with Gasteiger partial charge in [-0.1, -0.05) is 12.1 Å². The molecule has 0 saturated heterocycles. The van der Waals surface area contributed by atoms with Crippen LogP contribution < -0.4 is 5.32 Å². The van der Waals surface area contributed by atoms with Gasteiger partial charge in [-0.3, -0.25) is 0 Å². The summed E-state index contributed by atoms with van der Waals surface area (Å²) >= 11 is 1.59. The molecule has 0 saturated carbocycles. The van der Waals surface area contributed by atoms with Crippen molar-refractivity contribution in [3.8, 4) is 0 Å². The summed E-state index contributed by atoms with van der Waals surface area (Å²) in [6, 6.07) is 12.0. The summed E-state index contributed by atoms with van der Waals surface area (Å²) in [5.41, 5.74) is 2.12. The lowest BCUT2D eigenvalue weighted by molar-refractivity contribution is 0.811. The van der Waals surface area contributed by atoms with Crippen molar-refractivity contribution in [1.82, 2.24) is 20.2 Å². The summed E-state index contributed by atoms with van der Waals surface area (Å²) in [5, 5.41) is 12.4. The van der Waals surface area contributed by atoms with Crippen molar-refractivity contribution in [2.24, 2.45) is 0 Å². The molecule has 0 aliphatic heterocycles. The maximum atomic E-state index is 4.57. The van der Waals surface area contributed by atoms with Crippen molar-refractivity contribution in [3.05, 3.63) is 42.2 Å². The second kappa shape index (κ2) is 6.58. The molecule has 1 aromatic carbocycles. The van der Waals surface area contributed by atoms with Gasteiger partial charge in [0.2, 0.25) is 0 Å². The van der Waals surface area contributed by atoms with Crippen molar-refractivity contribution in [1.29, 1.82) is 0 Å². The first-order chi connectivity index (χ1) is 10.3. The number of imidazole rings is 1. The van der Waals surface area contributed by atoms with Gasteiger partial charge >= 0.3 is 0 Å². The summed E-state index contributed by atoms with van der Waals surface area (Å²) < 4.78 is 0. The normalized spacial score (nSPS) is 10.9. The Labute approximate surface area is 127 Å². The Morgan fingerprint density at radius 3 is 2.81 bits per heavy atom. The van der Waals surface area contributed by atoms with Crippen LogP contribution in [0.1, 0.15) is 12.2 Å². The molecule has 5 nitrogen and oxygen atoms in total. The first-order valence-corrected chi connectivity index (χ1v) is 8.13. The van der Waals surface area contributed by atoms with Crippen LogP contribution in [0.25, 0.3) is 11.0 Å². The molecule has 2 N–H and O–H groups in total. The largest absolute Gasteiger partial charge is 0.369 e. The van der Waals surface area contributed by atoms with E-state index in [9.17, 15) is 0 Å². The predicted octanol–water partition coefficient (Wildman–Crippen LogP) is 3.12. The molecule has 0 bridgehead atoms. The van der Waals surface area contributed by atoms with Crippen molar-refractivity contribution in [2.75, 3.05) is 18.1 Å². The molecule has 6 heteroatoms. The Morgan fingerprint density at radius 2 is 2.05 bits per heavy atom. The number of aromatic amines is 1. The van der Waals surface area contributed by atoms with E-state index in [0.29, 0.717) is 0 Å².